The Balaban J connectivity index is 2.33. The van der Waals surface area contributed by atoms with Crippen LogP contribution in [0.25, 0.3) is 10.2 Å². The Kier molecular flexibility index (Phi) is 4.15. The lowest BCUT2D eigenvalue weighted by Crippen LogP contribution is -2.42. The topological polar surface area (TPSA) is 69.1 Å². The fraction of sp³-hybridized carbons (Fsp3) is 0.357. The van der Waals surface area contributed by atoms with Crippen molar-refractivity contribution in [2.45, 2.75) is 18.9 Å². The summed E-state index contributed by atoms with van der Waals surface area (Å²) in [7, 11) is 3.44. The molecule has 0 saturated carbocycles. The molecule has 0 radical (unpaired) electrons. The number of fused-ring (bicyclic) bond motifs is 1. The number of nitrogens with zero attached hydrogens (tertiary/aromatic N) is 2. The fourth-order valence-electron chi connectivity index (χ4n) is 2.03. The average Bonchev–Trinajstić information content (AvgIpc) is 2.93. The zero-order chi connectivity index (χ0) is 14.8. The number of nitrogens with one attached hydrogen (secondary N) is 2. The van der Waals surface area contributed by atoms with Crippen LogP contribution in [0.1, 0.15) is 18.9 Å². The Labute approximate surface area is 122 Å². The molecule has 1 aromatic carbocycles. The summed E-state index contributed by atoms with van der Waals surface area (Å²) in [5.74, 6) is -0.0961. The fourth-order valence-corrected chi connectivity index (χ4v) is 2.75. The first-order valence-corrected chi connectivity index (χ1v) is 7.17. The summed E-state index contributed by atoms with van der Waals surface area (Å²) in [6, 6.07) is 6.04. The second-order valence-corrected chi connectivity index (χ2v) is 5.81. The van der Waals surface area contributed by atoms with Crippen molar-refractivity contribution >= 4 is 33.8 Å². The van der Waals surface area contributed by atoms with Crippen LogP contribution in [-0.4, -0.2) is 36.2 Å². The number of amides is 1. The zero-order valence-corrected chi connectivity index (χ0v) is 12.6. The number of hydrogen-bond donors (Lipinski definition) is 2. The molecule has 0 aliphatic carbocycles. The van der Waals surface area contributed by atoms with Crippen LogP contribution in [-0.2, 0) is 10.3 Å². The monoisotopic (exact) mass is 290 g/mol. The van der Waals surface area contributed by atoms with Crippen LogP contribution >= 0.6 is 11.3 Å². The summed E-state index contributed by atoms with van der Waals surface area (Å²) < 4.78 is 1.11. The maximum atomic E-state index is 12.1. The Hall–Kier alpha value is -1.79. The lowest BCUT2D eigenvalue weighted by atomic mass is 9.88. The van der Waals surface area contributed by atoms with Crippen molar-refractivity contribution in [1.82, 2.24) is 15.2 Å². The van der Waals surface area contributed by atoms with Gasteiger partial charge in [0.05, 0.1) is 22.1 Å². The van der Waals surface area contributed by atoms with E-state index in [4.69, 9.17) is 5.41 Å². The van der Waals surface area contributed by atoms with E-state index in [0.29, 0.717) is 6.42 Å². The van der Waals surface area contributed by atoms with Crippen LogP contribution < -0.4 is 5.32 Å². The van der Waals surface area contributed by atoms with Crippen molar-refractivity contribution < 1.29 is 4.79 Å². The molecule has 0 fully saturated rings. The maximum Gasteiger partial charge on any atom is 0.229 e. The molecule has 0 aliphatic heterocycles. The van der Waals surface area contributed by atoms with Crippen molar-refractivity contribution in [3.63, 3.8) is 0 Å². The van der Waals surface area contributed by atoms with Crippen LogP contribution in [0.15, 0.2) is 23.7 Å². The summed E-state index contributed by atoms with van der Waals surface area (Å²) in [5.41, 5.74) is 3.37. The molecule has 0 aliphatic rings. The molecular formula is C14H18N4OS. The third-order valence-electron chi connectivity index (χ3n) is 3.61. The van der Waals surface area contributed by atoms with E-state index in [9.17, 15) is 4.79 Å². The molecule has 1 amide bonds. The van der Waals surface area contributed by atoms with Crippen molar-refractivity contribution in [2.24, 2.45) is 0 Å². The number of rotatable bonds is 5. The molecule has 0 unspecified atom stereocenters. The molecule has 1 aromatic heterocycles. The van der Waals surface area contributed by atoms with Gasteiger partial charge in [0.1, 0.15) is 0 Å². The van der Waals surface area contributed by atoms with Gasteiger partial charge < -0.3 is 10.2 Å². The minimum atomic E-state index is -0.466. The number of benzene rings is 1. The van der Waals surface area contributed by atoms with Gasteiger partial charge in [-0.15, -0.1) is 11.3 Å². The van der Waals surface area contributed by atoms with Crippen LogP contribution in [0.5, 0.6) is 0 Å². The molecule has 2 aromatic rings. The average molecular weight is 290 g/mol. The molecule has 2 N–H and O–H groups in total. The van der Waals surface area contributed by atoms with Gasteiger partial charge in [0.15, 0.2) is 0 Å². The van der Waals surface area contributed by atoms with E-state index in [2.05, 4.69) is 16.4 Å². The third-order valence-corrected chi connectivity index (χ3v) is 4.40. The molecule has 1 atom stereocenters. The second kappa shape index (κ2) is 5.68. The lowest BCUT2D eigenvalue weighted by Gasteiger charge is -2.30. The van der Waals surface area contributed by atoms with Crippen molar-refractivity contribution in [3.8, 4) is 0 Å². The Bertz CT molecular complexity index is 639. The normalized spacial score (nSPS) is 13.9. The van der Waals surface area contributed by atoms with Gasteiger partial charge in [0, 0.05) is 19.0 Å². The smallest absolute Gasteiger partial charge is 0.229 e. The minimum absolute atomic E-state index is 0.0961. The Morgan fingerprint density at radius 3 is 3.00 bits per heavy atom. The van der Waals surface area contributed by atoms with Gasteiger partial charge in [-0.05, 0) is 31.7 Å². The highest BCUT2D eigenvalue weighted by atomic mass is 32.1. The number of carbonyl (C=O) groups excluding carboxylic acids is 1. The largest absolute Gasteiger partial charge is 0.310 e. The molecular weight excluding hydrogens is 272 g/mol. The number of hydrogen-bond acceptors (Lipinski definition) is 5. The first-order chi connectivity index (χ1) is 9.50. The van der Waals surface area contributed by atoms with Gasteiger partial charge in [-0.2, -0.15) is 0 Å². The van der Waals surface area contributed by atoms with E-state index in [1.54, 1.807) is 18.4 Å². The number of carbonyl (C=O) groups is 1. The molecule has 1 heterocycles. The Morgan fingerprint density at radius 1 is 1.60 bits per heavy atom. The molecule has 106 valence electrons. The summed E-state index contributed by atoms with van der Waals surface area (Å²) in [6.07, 6.45) is 1.32. The number of aromatic nitrogens is 1. The van der Waals surface area contributed by atoms with E-state index in [-0.39, 0.29) is 5.91 Å². The zero-order valence-electron chi connectivity index (χ0n) is 11.8. The van der Waals surface area contributed by atoms with Crippen molar-refractivity contribution in [2.75, 3.05) is 14.1 Å². The van der Waals surface area contributed by atoms with E-state index < -0.39 is 5.54 Å². The Morgan fingerprint density at radius 2 is 2.35 bits per heavy atom. The molecule has 0 bridgehead atoms. The predicted octanol–water partition coefficient (Wildman–Crippen LogP) is 2.19. The minimum Gasteiger partial charge on any atom is -0.310 e. The lowest BCUT2D eigenvalue weighted by molar-refractivity contribution is -0.127. The van der Waals surface area contributed by atoms with Crippen molar-refractivity contribution in [1.29, 1.82) is 5.41 Å². The quantitative estimate of drug-likeness (QED) is 0.655. The van der Waals surface area contributed by atoms with Gasteiger partial charge in [-0.25, -0.2) is 4.98 Å². The maximum absolute atomic E-state index is 12.1. The number of thiazole rings is 1. The van der Waals surface area contributed by atoms with Crippen LogP contribution in [0.2, 0.25) is 0 Å². The van der Waals surface area contributed by atoms with Crippen molar-refractivity contribution in [3.05, 3.63) is 29.3 Å². The van der Waals surface area contributed by atoms with Gasteiger partial charge in [0.25, 0.3) is 0 Å². The summed E-state index contributed by atoms with van der Waals surface area (Å²) in [5, 5.41) is 10.4. The SMILES string of the molecule is CN[C@@](C)(CC(=O)N(C)C=N)c1ccc2ncsc2c1. The van der Waals surface area contributed by atoms with Crippen LogP contribution in [0.3, 0.4) is 0 Å². The van der Waals surface area contributed by atoms with Gasteiger partial charge in [-0.1, -0.05) is 6.07 Å². The van der Waals surface area contributed by atoms with E-state index >= 15 is 0 Å². The van der Waals surface area contributed by atoms with Crippen LogP contribution in [0, 0.1) is 5.41 Å². The summed E-state index contributed by atoms with van der Waals surface area (Å²) in [4.78, 5) is 17.6. The first kappa shape index (κ1) is 14.6. The molecule has 6 heteroatoms. The van der Waals surface area contributed by atoms with Crippen LogP contribution in [0.4, 0.5) is 0 Å². The standard InChI is InChI=1S/C14H18N4OS/c1-14(16-2,7-13(19)18(3)8-15)10-4-5-11-12(6-10)20-9-17-11/h4-6,8-9,15-16H,7H2,1-3H3/t14-/m0/s1. The van der Waals surface area contributed by atoms with E-state index in [0.717, 1.165) is 22.1 Å². The molecule has 0 spiro atoms. The van der Waals surface area contributed by atoms with Gasteiger partial charge >= 0.3 is 0 Å². The predicted molar refractivity (Wildman–Crippen MR) is 82.2 cm³/mol. The van der Waals surface area contributed by atoms with Gasteiger partial charge in [0.2, 0.25) is 5.91 Å². The summed E-state index contributed by atoms with van der Waals surface area (Å²) >= 11 is 1.59. The first-order valence-electron chi connectivity index (χ1n) is 6.29. The molecule has 20 heavy (non-hydrogen) atoms. The highest BCUT2D eigenvalue weighted by molar-refractivity contribution is 7.16. The second-order valence-electron chi connectivity index (χ2n) is 4.93. The summed E-state index contributed by atoms with van der Waals surface area (Å²) in [6.45, 7) is 1.99. The molecule has 2 rings (SSSR count). The third kappa shape index (κ3) is 2.71. The van der Waals surface area contributed by atoms with E-state index in [1.807, 2.05) is 31.6 Å². The highest BCUT2D eigenvalue weighted by Crippen LogP contribution is 2.29. The molecule has 5 nitrogen and oxygen atoms in total. The van der Waals surface area contributed by atoms with Gasteiger partial charge in [-0.3, -0.25) is 10.2 Å². The van der Waals surface area contributed by atoms with E-state index in [1.165, 1.54) is 4.90 Å². The highest BCUT2D eigenvalue weighted by Gasteiger charge is 2.29. The molecule has 0 saturated heterocycles.